The summed E-state index contributed by atoms with van der Waals surface area (Å²) in [6.07, 6.45) is 21.2. The third kappa shape index (κ3) is 24.3. The van der Waals surface area contributed by atoms with Crippen LogP contribution in [0, 0.1) is 0 Å². The van der Waals surface area contributed by atoms with Gasteiger partial charge in [-0.3, -0.25) is 13.8 Å². The third-order valence-corrected chi connectivity index (χ3v) is 7.70. The Morgan fingerprint density at radius 2 is 1.24 bits per heavy atom. The zero-order valence-corrected chi connectivity index (χ0v) is 24.9. The summed E-state index contributed by atoms with van der Waals surface area (Å²) in [5.41, 5.74) is 5.32. The van der Waals surface area contributed by atoms with Gasteiger partial charge in [-0.2, -0.15) is 0 Å². The van der Waals surface area contributed by atoms with Crippen LogP contribution in [0.5, 0.6) is 0 Å². The molecular weight excluding hydrogens is 491 g/mol. The van der Waals surface area contributed by atoms with E-state index in [1.165, 1.54) is 77.0 Å². The summed E-state index contributed by atoms with van der Waals surface area (Å²) in [6, 6.07) is -0.762. The van der Waals surface area contributed by atoms with Gasteiger partial charge in [-0.25, -0.2) is 4.57 Å². The second-order valence-corrected chi connectivity index (χ2v) is 11.8. The summed E-state index contributed by atoms with van der Waals surface area (Å²) in [4.78, 5) is 22.3. The average Bonchev–Trinajstić information content (AvgIpc) is 2.87. The Labute approximate surface area is 227 Å². The van der Waals surface area contributed by atoms with Gasteiger partial charge in [0.05, 0.1) is 25.4 Å². The molecule has 0 heterocycles. The van der Waals surface area contributed by atoms with Crippen LogP contribution in [0.3, 0.4) is 0 Å². The molecule has 37 heavy (non-hydrogen) atoms. The van der Waals surface area contributed by atoms with Crippen molar-refractivity contribution in [3.05, 3.63) is 0 Å². The van der Waals surface area contributed by atoms with Crippen LogP contribution >= 0.6 is 7.82 Å². The minimum Gasteiger partial charge on any atom is -0.391 e. The monoisotopic (exact) mass is 550 g/mol. The number of aliphatic hydroxyl groups excluding tert-OH is 1. The number of carbonyl (C=O) groups is 1. The maximum Gasteiger partial charge on any atom is 0.472 e. The molecule has 0 aliphatic rings. The van der Waals surface area contributed by atoms with Crippen LogP contribution in [0.2, 0.25) is 0 Å². The van der Waals surface area contributed by atoms with Gasteiger partial charge < -0.3 is 21.1 Å². The molecule has 0 saturated heterocycles. The fourth-order valence-electron chi connectivity index (χ4n) is 4.37. The van der Waals surface area contributed by atoms with Crippen LogP contribution in [-0.4, -0.2) is 47.8 Å². The van der Waals surface area contributed by atoms with E-state index in [4.69, 9.17) is 14.8 Å². The number of phosphoric acid groups is 1. The number of phosphoric ester groups is 1. The lowest BCUT2D eigenvalue weighted by Crippen LogP contribution is -2.46. The summed E-state index contributed by atoms with van der Waals surface area (Å²) in [7, 11) is -4.28. The largest absolute Gasteiger partial charge is 0.472 e. The summed E-state index contributed by atoms with van der Waals surface area (Å²) in [5, 5.41) is 13.5. The van der Waals surface area contributed by atoms with Crippen LogP contribution in [0.15, 0.2) is 0 Å². The van der Waals surface area contributed by atoms with Crippen molar-refractivity contribution in [3.8, 4) is 0 Å². The molecule has 1 amide bonds. The Bertz CT molecular complexity index is 567. The Kier molecular flexibility index (Phi) is 25.4. The molecular formula is C28H59N2O6P. The van der Waals surface area contributed by atoms with Crippen LogP contribution in [0.1, 0.15) is 142 Å². The zero-order chi connectivity index (χ0) is 27.6. The van der Waals surface area contributed by atoms with E-state index in [0.717, 1.165) is 38.5 Å². The van der Waals surface area contributed by atoms with Crippen molar-refractivity contribution in [1.29, 1.82) is 0 Å². The fraction of sp³-hybridized carbons (Fsp3) is 0.964. The number of hydrogen-bond acceptors (Lipinski definition) is 6. The Balaban J connectivity index is 4.37. The maximum atomic E-state index is 12.5. The summed E-state index contributed by atoms with van der Waals surface area (Å²) >= 11 is 0. The van der Waals surface area contributed by atoms with Gasteiger partial charge in [0.1, 0.15) is 0 Å². The van der Waals surface area contributed by atoms with E-state index < -0.39 is 20.0 Å². The van der Waals surface area contributed by atoms with Crippen LogP contribution in [-0.2, 0) is 18.4 Å². The van der Waals surface area contributed by atoms with Gasteiger partial charge in [0, 0.05) is 13.0 Å². The molecule has 0 fully saturated rings. The molecule has 0 aliphatic heterocycles. The van der Waals surface area contributed by atoms with E-state index >= 15 is 0 Å². The van der Waals surface area contributed by atoms with E-state index in [2.05, 4.69) is 19.2 Å². The Hall–Kier alpha value is -0.500. The summed E-state index contributed by atoms with van der Waals surface area (Å²) in [6.45, 7) is 4.13. The van der Waals surface area contributed by atoms with Gasteiger partial charge in [0.25, 0.3) is 0 Å². The molecule has 9 heteroatoms. The first-order valence-corrected chi connectivity index (χ1v) is 16.6. The lowest BCUT2D eigenvalue weighted by Gasteiger charge is -2.25. The van der Waals surface area contributed by atoms with Gasteiger partial charge in [-0.05, 0) is 12.8 Å². The molecule has 0 radical (unpaired) electrons. The van der Waals surface area contributed by atoms with Crippen LogP contribution < -0.4 is 11.1 Å². The highest BCUT2D eigenvalue weighted by molar-refractivity contribution is 7.47. The third-order valence-electron chi connectivity index (χ3n) is 6.71. The van der Waals surface area contributed by atoms with Gasteiger partial charge in [-0.15, -0.1) is 0 Å². The topological polar surface area (TPSA) is 131 Å². The predicted molar refractivity (Wildman–Crippen MR) is 152 cm³/mol. The number of unbranched alkanes of at least 4 members (excludes halogenated alkanes) is 16. The van der Waals surface area contributed by atoms with Crippen molar-refractivity contribution in [2.24, 2.45) is 5.73 Å². The average molecular weight is 551 g/mol. The zero-order valence-electron chi connectivity index (χ0n) is 24.0. The molecule has 0 rings (SSSR count). The molecule has 0 aromatic rings. The van der Waals surface area contributed by atoms with E-state index in [1.54, 1.807) is 0 Å². The number of nitrogens with two attached hydrogens (primary N) is 1. The molecule has 5 N–H and O–H groups in total. The van der Waals surface area contributed by atoms with Crippen molar-refractivity contribution in [2.75, 3.05) is 19.8 Å². The molecule has 0 spiro atoms. The SMILES string of the molecule is CCCCCCCCCCCCC(=O)NC(COP(=O)(O)OCCN)C(O)CCCCCCCCCC. The van der Waals surface area contributed by atoms with Crippen molar-refractivity contribution >= 4 is 13.7 Å². The molecule has 0 bridgehead atoms. The highest BCUT2D eigenvalue weighted by atomic mass is 31.2. The van der Waals surface area contributed by atoms with Gasteiger partial charge in [0.15, 0.2) is 0 Å². The molecule has 8 nitrogen and oxygen atoms in total. The number of aliphatic hydroxyl groups is 1. The van der Waals surface area contributed by atoms with Crippen LogP contribution in [0.25, 0.3) is 0 Å². The molecule has 222 valence electrons. The second-order valence-electron chi connectivity index (χ2n) is 10.3. The van der Waals surface area contributed by atoms with Gasteiger partial charge in [0.2, 0.25) is 5.91 Å². The molecule has 3 atom stereocenters. The highest BCUT2D eigenvalue weighted by Crippen LogP contribution is 2.43. The van der Waals surface area contributed by atoms with Crippen molar-refractivity contribution < 1.29 is 28.4 Å². The molecule has 0 aromatic carbocycles. The lowest BCUT2D eigenvalue weighted by atomic mass is 10.0. The lowest BCUT2D eigenvalue weighted by molar-refractivity contribution is -0.123. The number of amides is 1. The van der Waals surface area contributed by atoms with E-state index in [1.807, 2.05) is 0 Å². The predicted octanol–water partition coefficient (Wildman–Crippen LogP) is 6.77. The Morgan fingerprint density at radius 3 is 1.73 bits per heavy atom. The number of nitrogens with one attached hydrogen (secondary N) is 1. The Morgan fingerprint density at radius 1 is 0.784 bits per heavy atom. The standard InChI is InChI=1S/C28H59N2O6P/c1-3-5-7-9-11-13-14-16-18-20-22-28(32)30-26(25-36-37(33,34)35-24-23-29)27(31)21-19-17-15-12-10-8-6-4-2/h26-27,31H,3-25,29H2,1-2H3,(H,30,32)(H,33,34). The number of rotatable bonds is 28. The van der Waals surface area contributed by atoms with E-state index in [-0.39, 0.29) is 25.7 Å². The summed E-state index contributed by atoms with van der Waals surface area (Å²) in [5.74, 6) is -0.168. The molecule has 0 saturated carbocycles. The normalized spacial score (nSPS) is 14.8. The molecule has 0 aliphatic carbocycles. The van der Waals surface area contributed by atoms with Gasteiger partial charge in [-0.1, -0.05) is 123 Å². The first-order valence-electron chi connectivity index (χ1n) is 15.2. The van der Waals surface area contributed by atoms with Crippen molar-refractivity contribution in [1.82, 2.24) is 5.32 Å². The minimum absolute atomic E-state index is 0.0913. The molecule has 3 unspecified atom stereocenters. The van der Waals surface area contributed by atoms with E-state index in [9.17, 15) is 19.4 Å². The van der Waals surface area contributed by atoms with Gasteiger partial charge >= 0.3 is 7.82 Å². The highest BCUT2D eigenvalue weighted by Gasteiger charge is 2.27. The van der Waals surface area contributed by atoms with Crippen LogP contribution in [0.4, 0.5) is 0 Å². The maximum absolute atomic E-state index is 12.5. The number of carbonyl (C=O) groups excluding carboxylic acids is 1. The van der Waals surface area contributed by atoms with Crippen molar-refractivity contribution in [2.45, 2.75) is 154 Å². The summed E-state index contributed by atoms with van der Waals surface area (Å²) < 4.78 is 21.9. The number of hydrogen-bond donors (Lipinski definition) is 4. The smallest absolute Gasteiger partial charge is 0.391 e. The quantitative estimate of drug-likeness (QED) is 0.0625. The van der Waals surface area contributed by atoms with E-state index in [0.29, 0.717) is 12.8 Å². The first kappa shape index (κ1) is 36.5. The fourth-order valence-corrected chi connectivity index (χ4v) is 5.13. The van der Waals surface area contributed by atoms with Crippen molar-refractivity contribution in [3.63, 3.8) is 0 Å². The first-order chi connectivity index (χ1) is 17.9. The minimum atomic E-state index is -4.28. The second kappa shape index (κ2) is 25.8. The molecule has 0 aromatic heterocycles.